The third-order valence-electron chi connectivity index (χ3n) is 5.20. The monoisotopic (exact) mass is 342 g/mol. The molecule has 0 spiro atoms. The molecule has 0 aliphatic heterocycles. The lowest BCUT2D eigenvalue weighted by atomic mass is 9.92. The van der Waals surface area contributed by atoms with Crippen LogP contribution in [-0.2, 0) is 0 Å². The summed E-state index contributed by atoms with van der Waals surface area (Å²) in [6, 6.07) is 22.9. The van der Waals surface area contributed by atoms with Crippen LogP contribution in [0.3, 0.4) is 0 Å². The maximum Gasteiger partial charge on any atom is 0.120 e. The summed E-state index contributed by atoms with van der Waals surface area (Å²) < 4.78 is 0. The van der Waals surface area contributed by atoms with Crippen LogP contribution in [0.2, 0.25) is 5.02 Å². The van der Waals surface area contributed by atoms with Gasteiger partial charge in [-0.15, -0.1) is 0 Å². The number of rotatable bonds is 0. The van der Waals surface area contributed by atoms with Crippen LogP contribution in [0.25, 0.3) is 43.1 Å². The number of hydrogen-bond acceptors (Lipinski definition) is 1. The van der Waals surface area contributed by atoms with Gasteiger partial charge in [-0.05, 0) is 56.3 Å². The summed E-state index contributed by atoms with van der Waals surface area (Å²) in [6.45, 7) is 1.94. The van der Waals surface area contributed by atoms with Crippen molar-refractivity contribution in [3.63, 3.8) is 0 Å². The zero-order valence-electron chi connectivity index (χ0n) is 13.7. The maximum absolute atomic E-state index is 10.2. The first-order valence-corrected chi connectivity index (χ1v) is 8.68. The lowest BCUT2D eigenvalue weighted by molar-refractivity contribution is 0.472. The summed E-state index contributed by atoms with van der Waals surface area (Å²) in [5.74, 6) is 0.239. The van der Waals surface area contributed by atoms with Crippen molar-refractivity contribution in [2.24, 2.45) is 0 Å². The van der Waals surface area contributed by atoms with Gasteiger partial charge in [-0.3, -0.25) is 0 Å². The van der Waals surface area contributed by atoms with Gasteiger partial charge in [0.1, 0.15) is 5.75 Å². The van der Waals surface area contributed by atoms with Crippen LogP contribution in [0.4, 0.5) is 0 Å². The molecule has 120 valence electrons. The molecule has 2 heteroatoms. The Morgan fingerprint density at radius 1 is 0.680 bits per heavy atom. The number of benzene rings is 5. The fraction of sp³-hybridized carbons (Fsp3) is 0.0435. The van der Waals surface area contributed by atoms with Crippen LogP contribution in [0.15, 0.2) is 66.7 Å². The van der Waals surface area contributed by atoms with Crippen LogP contribution in [0.5, 0.6) is 5.75 Å². The predicted octanol–water partition coefficient (Wildman–Crippen LogP) is 6.97. The number of aryl methyl sites for hydroxylation is 1. The van der Waals surface area contributed by atoms with Crippen molar-refractivity contribution < 1.29 is 5.11 Å². The first-order chi connectivity index (χ1) is 12.1. The summed E-state index contributed by atoms with van der Waals surface area (Å²) in [5.41, 5.74) is 0.866. The van der Waals surface area contributed by atoms with Gasteiger partial charge in [-0.2, -0.15) is 0 Å². The molecule has 0 aliphatic rings. The number of aromatic hydroxyl groups is 1. The largest absolute Gasteiger partial charge is 0.508 e. The molecule has 0 bridgehead atoms. The van der Waals surface area contributed by atoms with E-state index in [1.54, 1.807) is 6.07 Å². The van der Waals surface area contributed by atoms with E-state index in [1.807, 2.05) is 6.92 Å². The third-order valence-corrected chi connectivity index (χ3v) is 5.52. The third kappa shape index (κ3) is 1.96. The second kappa shape index (κ2) is 5.11. The number of hydrogen-bond donors (Lipinski definition) is 1. The van der Waals surface area contributed by atoms with E-state index in [2.05, 4.69) is 60.7 Å². The van der Waals surface area contributed by atoms with Crippen LogP contribution in [0.1, 0.15) is 5.56 Å². The highest BCUT2D eigenvalue weighted by molar-refractivity contribution is 6.37. The van der Waals surface area contributed by atoms with E-state index in [0.29, 0.717) is 5.02 Å². The van der Waals surface area contributed by atoms with Crippen molar-refractivity contribution in [2.75, 3.05) is 0 Å². The minimum absolute atomic E-state index is 0.239. The zero-order valence-corrected chi connectivity index (χ0v) is 14.4. The highest BCUT2D eigenvalue weighted by Gasteiger charge is 2.12. The number of phenolic OH excluding ortho intramolecular Hbond substituents is 1. The molecule has 0 atom stereocenters. The molecule has 0 amide bonds. The average Bonchev–Trinajstić information content (AvgIpc) is 2.64. The maximum atomic E-state index is 10.2. The van der Waals surface area contributed by atoms with Crippen LogP contribution >= 0.6 is 11.6 Å². The Labute approximate surface area is 150 Å². The fourth-order valence-electron chi connectivity index (χ4n) is 3.94. The van der Waals surface area contributed by atoms with Crippen molar-refractivity contribution in [1.29, 1.82) is 0 Å². The molecular weight excluding hydrogens is 328 g/mol. The van der Waals surface area contributed by atoms with Crippen molar-refractivity contribution in [3.8, 4) is 5.75 Å². The number of halogens is 1. The molecule has 5 aromatic rings. The molecule has 25 heavy (non-hydrogen) atoms. The smallest absolute Gasteiger partial charge is 0.120 e. The highest BCUT2D eigenvalue weighted by atomic mass is 35.5. The van der Waals surface area contributed by atoms with Gasteiger partial charge in [0.25, 0.3) is 0 Å². The van der Waals surface area contributed by atoms with Crippen LogP contribution < -0.4 is 0 Å². The molecule has 0 aliphatic carbocycles. The normalized spacial score (nSPS) is 11.8. The molecule has 0 saturated carbocycles. The van der Waals surface area contributed by atoms with Gasteiger partial charge in [0.05, 0.1) is 5.02 Å². The van der Waals surface area contributed by atoms with E-state index in [1.165, 1.54) is 26.9 Å². The number of fused-ring (bicyclic) bond motifs is 7. The summed E-state index contributed by atoms with van der Waals surface area (Å²) in [5, 5.41) is 20.1. The second-order valence-electron chi connectivity index (χ2n) is 6.53. The topological polar surface area (TPSA) is 20.2 Å². The minimum atomic E-state index is 0.239. The second-order valence-corrected chi connectivity index (χ2v) is 6.94. The van der Waals surface area contributed by atoms with E-state index in [9.17, 15) is 5.11 Å². The van der Waals surface area contributed by atoms with Crippen molar-refractivity contribution in [1.82, 2.24) is 0 Å². The lowest BCUT2D eigenvalue weighted by Gasteiger charge is -2.13. The van der Waals surface area contributed by atoms with Crippen molar-refractivity contribution in [3.05, 3.63) is 77.3 Å². The van der Waals surface area contributed by atoms with Crippen LogP contribution in [-0.4, -0.2) is 5.11 Å². The quantitative estimate of drug-likeness (QED) is 0.301. The Hall–Kier alpha value is -2.77. The van der Waals surface area contributed by atoms with E-state index >= 15 is 0 Å². The molecule has 1 nitrogen and oxygen atoms in total. The Kier molecular flexibility index (Phi) is 2.98. The van der Waals surface area contributed by atoms with Gasteiger partial charge < -0.3 is 5.11 Å². The molecular formula is C23H15ClO. The van der Waals surface area contributed by atoms with Crippen molar-refractivity contribution in [2.45, 2.75) is 6.92 Å². The number of phenols is 1. The molecule has 0 aromatic heterocycles. The predicted molar refractivity (Wildman–Crippen MR) is 108 cm³/mol. The fourth-order valence-corrected chi connectivity index (χ4v) is 4.20. The molecule has 0 saturated heterocycles. The Bertz CT molecular complexity index is 1320. The van der Waals surface area contributed by atoms with Gasteiger partial charge in [-0.1, -0.05) is 72.3 Å². The molecule has 5 rings (SSSR count). The SMILES string of the molecule is Cc1c(O)cc(Cl)c2ccc3c4ccc5ccccc5c4ccc3c12. The Morgan fingerprint density at radius 3 is 2.12 bits per heavy atom. The molecule has 0 fully saturated rings. The molecule has 0 radical (unpaired) electrons. The van der Waals surface area contributed by atoms with E-state index in [4.69, 9.17) is 11.6 Å². The molecule has 0 heterocycles. The van der Waals surface area contributed by atoms with Gasteiger partial charge in [0.2, 0.25) is 0 Å². The van der Waals surface area contributed by atoms with Gasteiger partial charge in [0.15, 0.2) is 0 Å². The molecule has 1 N–H and O–H groups in total. The molecule has 0 unspecified atom stereocenters. The first kappa shape index (κ1) is 14.6. The van der Waals surface area contributed by atoms with E-state index in [0.717, 1.165) is 21.7 Å². The van der Waals surface area contributed by atoms with E-state index < -0.39 is 0 Å². The first-order valence-electron chi connectivity index (χ1n) is 8.30. The Morgan fingerprint density at radius 2 is 1.28 bits per heavy atom. The lowest BCUT2D eigenvalue weighted by Crippen LogP contribution is -1.86. The summed E-state index contributed by atoms with van der Waals surface area (Å²) >= 11 is 6.37. The Balaban J connectivity index is 2.04. The van der Waals surface area contributed by atoms with Gasteiger partial charge >= 0.3 is 0 Å². The zero-order chi connectivity index (χ0) is 17.1. The highest BCUT2D eigenvalue weighted by Crippen LogP contribution is 2.40. The summed E-state index contributed by atoms with van der Waals surface area (Å²) in [4.78, 5) is 0. The average molecular weight is 343 g/mol. The van der Waals surface area contributed by atoms with Crippen LogP contribution in [0, 0.1) is 6.92 Å². The van der Waals surface area contributed by atoms with E-state index in [-0.39, 0.29) is 5.75 Å². The van der Waals surface area contributed by atoms with Gasteiger partial charge in [-0.25, -0.2) is 0 Å². The van der Waals surface area contributed by atoms with Crippen molar-refractivity contribution >= 4 is 54.7 Å². The summed E-state index contributed by atoms with van der Waals surface area (Å²) in [7, 11) is 0. The van der Waals surface area contributed by atoms with Gasteiger partial charge in [0, 0.05) is 5.39 Å². The minimum Gasteiger partial charge on any atom is -0.508 e. The summed E-state index contributed by atoms with van der Waals surface area (Å²) in [6.07, 6.45) is 0. The molecule has 5 aromatic carbocycles. The standard InChI is InChI=1S/C23H15ClO/c1-13-22(25)12-21(24)20-11-9-18-17-7-6-14-4-2-3-5-15(14)16(17)8-10-19(18)23(13)20/h2-12,25H,1H3.